The second kappa shape index (κ2) is 7.65. The van der Waals surface area contributed by atoms with Crippen molar-refractivity contribution >= 4 is 5.91 Å². The van der Waals surface area contributed by atoms with Gasteiger partial charge in [0.2, 0.25) is 5.91 Å². The summed E-state index contributed by atoms with van der Waals surface area (Å²) in [7, 11) is 1.58. The Balaban J connectivity index is 3.42. The molecule has 2 N–H and O–H groups in total. The number of rotatable bonds is 8. The summed E-state index contributed by atoms with van der Waals surface area (Å²) in [5.41, 5.74) is -0.0444. The maximum Gasteiger partial charge on any atom is 0.222 e. The zero-order valence-corrected chi connectivity index (χ0v) is 10.0. The van der Waals surface area contributed by atoms with Gasteiger partial charge in [0.1, 0.15) is 0 Å². The minimum Gasteiger partial charge on any atom is -0.396 e. The standard InChI is InChI=1S/C11H23NO3/c1-11(2,9-13)6-4-7-12-10(14)5-8-15-3/h13H,4-9H2,1-3H3,(H,12,14). The number of amides is 1. The molecular formula is C11H23NO3. The molecule has 0 saturated heterocycles. The molecule has 0 saturated carbocycles. The molecule has 0 rings (SSSR count). The van der Waals surface area contributed by atoms with Gasteiger partial charge in [-0.05, 0) is 18.3 Å². The van der Waals surface area contributed by atoms with E-state index in [0.29, 0.717) is 19.6 Å². The molecule has 15 heavy (non-hydrogen) atoms. The maximum absolute atomic E-state index is 11.2. The van der Waals surface area contributed by atoms with Gasteiger partial charge in [-0.25, -0.2) is 0 Å². The van der Waals surface area contributed by atoms with Gasteiger partial charge in [0, 0.05) is 26.7 Å². The fourth-order valence-electron chi connectivity index (χ4n) is 1.16. The Morgan fingerprint density at radius 3 is 2.67 bits per heavy atom. The molecule has 0 radical (unpaired) electrons. The third-order valence-corrected chi connectivity index (χ3v) is 2.31. The minimum absolute atomic E-state index is 0.0265. The van der Waals surface area contributed by atoms with Crippen LogP contribution in [0.3, 0.4) is 0 Å². The number of methoxy groups -OCH3 is 1. The summed E-state index contributed by atoms with van der Waals surface area (Å²) in [6.45, 7) is 5.35. The van der Waals surface area contributed by atoms with Crippen LogP contribution >= 0.6 is 0 Å². The number of hydrogen-bond acceptors (Lipinski definition) is 3. The van der Waals surface area contributed by atoms with Gasteiger partial charge >= 0.3 is 0 Å². The largest absolute Gasteiger partial charge is 0.396 e. The number of nitrogens with one attached hydrogen (secondary N) is 1. The first-order valence-corrected chi connectivity index (χ1v) is 5.38. The topological polar surface area (TPSA) is 58.6 Å². The average molecular weight is 217 g/mol. The molecule has 0 aliphatic heterocycles. The zero-order chi connectivity index (χ0) is 11.7. The summed E-state index contributed by atoms with van der Waals surface area (Å²) in [4.78, 5) is 11.2. The highest BCUT2D eigenvalue weighted by Gasteiger charge is 2.15. The van der Waals surface area contributed by atoms with E-state index in [0.717, 1.165) is 12.8 Å². The molecule has 0 heterocycles. The Kier molecular flexibility index (Phi) is 7.34. The first-order valence-electron chi connectivity index (χ1n) is 5.38. The van der Waals surface area contributed by atoms with Crippen molar-refractivity contribution in [2.45, 2.75) is 33.1 Å². The molecular weight excluding hydrogens is 194 g/mol. The van der Waals surface area contributed by atoms with E-state index < -0.39 is 0 Å². The lowest BCUT2D eigenvalue weighted by atomic mass is 9.89. The van der Waals surface area contributed by atoms with Gasteiger partial charge in [-0.2, -0.15) is 0 Å². The number of hydrogen-bond donors (Lipinski definition) is 2. The SMILES string of the molecule is COCCC(=O)NCCCC(C)(C)CO. The highest BCUT2D eigenvalue weighted by molar-refractivity contribution is 5.75. The molecule has 0 bridgehead atoms. The smallest absolute Gasteiger partial charge is 0.222 e. The van der Waals surface area contributed by atoms with Crippen LogP contribution in [0.4, 0.5) is 0 Å². The molecule has 0 spiro atoms. The van der Waals surface area contributed by atoms with Crippen LogP contribution < -0.4 is 5.32 Å². The van der Waals surface area contributed by atoms with Crippen LogP contribution in [0.1, 0.15) is 33.1 Å². The molecule has 0 aromatic heterocycles. The summed E-state index contributed by atoms with van der Waals surface area (Å²) in [5.74, 6) is 0.0265. The highest BCUT2D eigenvalue weighted by Crippen LogP contribution is 2.20. The average Bonchev–Trinajstić information content (AvgIpc) is 2.21. The third kappa shape index (κ3) is 8.39. The summed E-state index contributed by atoms with van der Waals surface area (Å²) in [5, 5.41) is 11.8. The van der Waals surface area contributed by atoms with E-state index in [4.69, 9.17) is 9.84 Å². The van der Waals surface area contributed by atoms with E-state index in [9.17, 15) is 4.79 Å². The molecule has 4 heteroatoms. The number of carbonyl (C=O) groups is 1. The normalized spacial score (nSPS) is 11.5. The fourth-order valence-corrected chi connectivity index (χ4v) is 1.16. The van der Waals surface area contributed by atoms with E-state index in [-0.39, 0.29) is 17.9 Å². The molecule has 0 aromatic rings. The number of aliphatic hydroxyl groups is 1. The van der Waals surface area contributed by atoms with Crippen LogP contribution in [0, 0.1) is 5.41 Å². The monoisotopic (exact) mass is 217 g/mol. The molecule has 0 unspecified atom stereocenters. The van der Waals surface area contributed by atoms with Gasteiger partial charge in [0.05, 0.1) is 6.61 Å². The Bertz CT molecular complexity index is 181. The lowest BCUT2D eigenvalue weighted by Crippen LogP contribution is -2.27. The van der Waals surface area contributed by atoms with Gasteiger partial charge in [-0.1, -0.05) is 13.8 Å². The quantitative estimate of drug-likeness (QED) is 0.595. The van der Waals surface area contributed by atoms with E-state index in [1.165, 1.54) is 0 Å². The molecule has 1 amide bonds. The number of carbonyl (C=O) groups excluding carboxylic acids is 1. The van der Waals surface area contributed by atoms with Crippen LogP contribution in [-0.4, -0.2) is 37.9 Å². The van der Waals surface area contributed by atoms with Crippen molar-refractivity contribution in [1.29, 1.82) is 0 Å². The molecule has 90 valence electrons. The van der Waals surface area contributed by atoms with Crippen molar-refractivity contribution in [3.63, 3.8) is 0 Å². The molecule has 0 aliphatic carbocycles. The predicted octanol–water partition coefficient (Wildman–Crippen LogP) is 0.938. The molecule has 0 atom stereocenters. The summed E-state index contributed by atoms with van der Waals surface area (Å²) in [6, 6.07) is 0. The second-order valence-electron chi connectivity index (χ2n) is 4.52. The third-order valence-electron chi connectivity index (χ3n) is 2.31. The predicted molar refractivity (Wildman–Crippen MR) is 59.6 cm³/mol. The minimum atomic E-state index is -0.0444. The first-order chi connectivity index (χ1) is 7.02. The fraction of sp³-hybridized carbons (Fsp3) is 0.909. The van der Waals surface area contributed by atoms with E-state index in [2.05, 4.69) is 5.32 Å². The highest BCUT2D eigenvalue weighted by atomic mass is 16.5. The summed E-state index contributed by atoms with van der Waals surface area (Å²) < 4.78 is 4.80. The van der Waals surface area contributed by atoms with Gasteiger partial charge in [0.15, 0.2) is 0 Å². The molecule has 4 nitrogen and oxygen atoms in total. The van der Waals surface area contributed by atoms with Crippen molar-refractivity contribution in [3.05, 3.63) is 0 Å². The van der Waals surface area contributed by atoms with Crippen molar-refractivity contribution < 1.29 is 14.6 Å². The Labute approximate surface area is 92.0 Å². The summed E-state index contributed by atoms with van der Waals surface area (Å²) in [6.07, 6.45) is 2.22. The lowest BCUT2D eigenvalue weighted by molar-refractivity contribution is -0.121. The van der Waals surface area contributed by atoms with Crippen molar-refractivity contribution in [2.24, 2.45) is 5.41 Å². The molecule has 0 aliphatic rings. The van der Waals surface area contributed by atoms with Crippen molar-refractivity contribution in [3.8, 4) is 0 Å². The van der Waals surface area contributed by atoms with Crippen LogP contribution in [0.2, 0.25) is 0 Å². The van der Waals surface area contributed by atoms with Gasteiger partial charge in [-0.3, -0.25) is 4.79 Å². The van der Waals surface area contributed by atoms with Gasteiger partial charge in [-0.15, -0.1) is 0 Å². The number of ether oxygens (including phenoxy) is 1. The first kappa shape index (κ1) is 14.4. The van der Waals surface area contributed by atoms with Gasteiger partial charge in [0.25, 0.3) is 0 Å². The molecule has 0 aromatic carbocycles. The Morgan fingerprint density at radius 1 is 1.47 bits per heavy atom. The van der Waals surface area contributed by atoms with Crippen LogP contribution in [0.25, 0.3) is 0 Å². The van der Waals surface area contributed by atoms with Crippen LogP contribution in [-0.2, 0) is 9.53 Å². The van der Waals surface area contributed by atoms with Crippen LogP contribution in [0.15, 0.2) is 0 Å². The van der Waals surface area contributed by atoms with E-state index in [1.807, 2.05) is 13.8 Å². The Hall–Kier alpha value is -0.610. The van der Waals surface area contributed by atoms with Crippen molar-refractivity contribution in [1.82, 2.24) is 5.32 Å². The lowest BCUT2D eigenvalue weighted by Gasteiger charge is -2.21. The van der Waals surface area contributed by atoms with Crippen LogP contribution in [0.5, 0.6) is 0 Å². The van der Waals surface area contributed by atoms with E-state index in [1.54, 1.807) is 7.11 Å². The maximum atomic E-state index is 11.2. The zero-order valence-electron chi connectivity index (χ0n) is 10.0. The number of aliphatic hydroxyl groups excluding tert-OH is 1. The van der Waals surface area contributed by atoms with Gasteiger partial charge < -0.3 is 15.2 Å². The van der Waals surface area contributed by atoms with Crippen molar-refractivity contribution in [2.75, 3.05) is 26.9 Å². The summed E-state index contributed by atoms with van der Waals surface area (Å²) >= 11 is 0. The second-order valence-corrected chi connectivity index (χ2v) is 4.52. The molecule has 0 fully saturated rings. The Morgan fingerprint density at radius 2 is 2.13 bits per heavy atom. The van der Waals surface area contributed by atoms with E-state index >= 15 is 0 Å².